The topological polar surface area (TPSA) is 50.9 Å². The highest BCUT2D eigenvalue weighted by Gasteiger charge is 2.27. The van der Waals surface area contributed by atoms with Crippen LogP contribution in [0, 0.1) is 6.92 Å². The highest BCUT2D eigenvalue weighted by atomic mass is 79.9. The molecular formula is C13H20BrN3. The van der Waals surface area contributed by atoms with Crippen molar-refractivity contribution in [3.63, 3.8) is 0 Å². The summed E-state index contributed by atoms with van der Waals surface area (Å²) < 4.78 is 1.04. The van der Waals surface area contributed by atoms with E-state index in [0.29, 0.717) is 0 Å². The summed E-state index contributed by atoms with van der Waals surface area (Å²) in [7, 11) is 0. The van der Waals surface area contributed by atoms with Crippen LogP contribution in [0.4, 0.5) is 5.82 Å². The number of nitrogens with two attached hydrogens (primary N) is 1. The van der Waals surface area contributed by atoms with Crippen molar-refractivity contribution in [3.05, 3.63) is 22.3 Å². The zero-order valence-electron chi connectivity index (χ0n) is 10.3. The van der Waals surface area contributed by atoms with Gasteiger partial charge in [-0.3, -0.25) is 0 Å². The maximum Gasteiger partial charge on any atom is 0.140 e. The Hall–Kier alpha value is -0.610. The molecule has 1 heterocycles. The summed E-state index contributed by atoms with van der Waals surface area (Å²) in [5, 5.41) is 3.38. The summed E-state index contributed by atoms with van der Waals surface area (Å²) in [4.78, 5) is 4.34. The molecule has 0 aliphatic heterocycles. The fourth-order valence-electron chi connectivity index (χ4n) is 2.36. The lowest BCUT2D eigenvalue weighted by molar-refractivity contribution is 0.311. The first-order valence-electron chi connectivity index (χ1n) is 6.25. The smallest absolute Gasteiger partial charge is 0.140 e. The van der Waals surface area contributed by atoms with E-state index in [4.69, 9.17) is 5.73 Å². The summed E-state index contributed by atoms with van der Waals surface area (Å²) in [6, 6.07) is 1.99. The zero-order valence-corrected chi connectivity index (χ0v) is 11.9. The minimum absolute atomic E-state index is 0.0525. The van der Waals surface area contributed by atoms with E-state index in [0.717, 1.165) is 29.7 Å². The number of rotatable bonds is 3. The van der Waals surface area contributed by atoms with Crippen LogP contribution in [0.15, 0.2) is 16.7 Å². The van der Waals surface area contributed by atoms with Crippen LogP contribution in [0.5, 0.6) is 0 Å². The molecule has 1 aromatic heterocycles. The number of hydrogen-bond acceptors (Lipinski definition) is 3. The summed E-state index contributed by atoms with van der Waals surface area (Å²) in [6.45, 7) is 2.87. The Morgan fingerprint density at radius 3 is 2.82 bits per heavy atom. The molecule has 0 saturated heterocycles. The molecule has 1 aliphatic rings. The SMILES string of the molecule is Cc1ccnc(NCC2(N)CCCCC2)c1Br. The van der Waals surface area contributed by atoms with Crippen LogP contribution in [-0.2, 0) is 0 Å². The van der Waals surface area contributed by atoms with Crippen molar-refractivity contribution in [3.8, 4) is 0 Å². The largest absolute Gasteiger partial charge is 0.367 e. The van der Waals surface area contributed by atoms with Crippen molar-refractivity contribution in [1.82, 2.24) is 4.98 Å². The molecule has 0 spiro atoms. The third-order valence-electron chi connectivity index (χ3n) is 3.54. The Morgan fingerprint density at radius 1 is 1.41 bits per heavy atom. The Morgan fingerprint density at radius 2 is 2.12 bits per heavy atom. The quantitative estimate of drug-likeness (QED) is 0.901. The molecule has 1 aliphatic carbocycles. The van der Waals surface area contributed by atoms with E-state index in [1.807, 2.05) is 12.3 Å². The molecule has 94 valence electrons. The second kappa shape index (κ2) is 5.36. The molecule has 0 aromatic carbocycles. The molecule has 17 heavy (non-hydrogen) atoms. The average Bonchev–Trinajstić information content (AvgIpc) is 2.32. The van der Waals surface area contributed by atoms with Gasteiger partial charge in [0, 0.05) is 18.3 Å². The van der Waals surface area contributed by atoms with Gasteiger partial charge in [-0.05, 0) is 47.3 Å². The Balaban J connectivity index is 1.99. The van der Waals surface area contributed by atoms with Crippen LogP contribution < -0.4 is 11.1 Å². The van der Waals surface area contributed by atoms with E-state index in [9.17, 15) is 0 Å². The van der Waals surface area contributed by atoms with Crippen molar-refractivity contribution >= 4 is 21.7 Å². The van der Waals surface area contributed by atoms with Gasteiger partial charge in [-0.2, -0.15) is 0 Å². The third kappa shape index (κ3) is 3.19. The Labute approximate surface area is 111 Å². The molecule has 0 amide bonds. The number of nitrogens with one attached hydrogen (secondary N) is 1. The molecule has 1 fully saturated rings. The molecule has 2 rings (SSSR count). The molecular weight excluding hydrogens is 278 g/mol. The van der Waals surface area contributed by atoms with Crippen LogP contribution in [0.25, 0.3) is 0 Å². The van der Waals surface area contributed by atoms with Gasteiger partial charge in [0.25, 0.3) is 0 Å². The van der Waals surface area contributed by atoms with Gasteiger partial charge in [0.05, 0.1) is 4.47 Å². The van der Waals surface area contributed by atoms with Gasteiger partial charge in [0.15, 0.2) is 0 Å². The number of anilines is 1. The number of aromatic nitrogens is 1. The standard InChI is InChI=1S/C13H20BrN3/c1-10-5-8-16-12(11(10)14)17-9-13(15)6-3-2-4-7-13/h5,8H,2-4,6-7,9,15H2,1H3,(H,16,17). The average molecular weight is 298 g/mol. The van der Waals surface area contributed by atoms with E-state index in [1.54, 1.807) is 0 Å². The van der Waals surface area contributed by atoms with Crippen molar-refractivity contribution in [2.24, 2.45) is 5.73 Å². The van der Waals surface area contributed by atoms with Gasteiger partial charge in [-0.25, -0.2) is 4.98 Å². The van der Waals surface area contributed by atoms with Crippen LogP contribution in [0.1, 0.15) is 37.7 Å². The fourth-order valence-corrected chi connectivity index (χ4v) is 2.73. The molecule has 0 atom stereocenters. The van der Waals surface area contributed by atoms with Crippen LogP contribution in [0.2, 0.25) is 0 Å². The molecule has 3 N–H and O–H groups in total. The second-order valence-electron chi connectivity index (χ2n) is 5.07. The predicted molar refractivity (Wildman–Crippen MR) is 75.2 cm³/mol. The Bertz CT molecular complexity index is 386. The van der Waals surface area contributed by atoms with Crippen molar-refractivity contribution in [2.75, 3.05) is 11.9 Å². The first kappa shape index (κ1) is 12.8. The summed E-state index contributed by atoms with van der Waals surface area (Å²) >= 11 is 3.56. The monoisotopic (exact) mass is 297 g/mol. The first-order valence-corrected chi connectivity index (χ1v) is 7.04. The normalized spacial score (nSPS) is 19.0. The predicted octanol–water partition coefficient (Wildman–Crippen LogP) is 3.23. The molecule has 4 heteroatoms. The lowest BCUT2D eigenvalue weighted by atomic mass is 9.82. The molecule has 0 unspecified atom stereocenters. The highest BCUT2D eigenvalue weighted by molar-refractivity contribution is 9.10. The maximum atomic E-state index is 6.39. The van der Waals surface area contributed by atoms with Crippen LogP contribution in [0.3, 0.4) is 0 Å². The minimum atomic E-state index is -0.0525. The molecule has 0 bridgehead atoms. The number of hydrogen-bond donors (Lipinski definition) is 2. The van der Waals surface area contributed by atoms with E-state index < -0.39 is 0 Å². The summed E-state index contributed by atoms with van der Waals surface area (Å²) in [6.07, 6.45) is 7.88. The number of nitrogens with zero attached hydrogens (tertiary/aromatic N) is 1. The summed E-state index contributed by atoms with van der Waals surface area (Å²) in [5.74, 6) is 0.903. The van der Waals surface area contributed by atoms with Gasteiger partial charge in [0.2, 0.25) is 0 Å². The van der Waals surface area contributed by atoms with Gasteiger partial charge in [0.1, 0.15) is 5.82 Å². The minimum Gasteiger partial charge on any atom is -0.367 e. The first-order chi connectivity index (χ1) is 8.11. The molecule has 1 aromatic rings. The molecule has 0 radical (unpaired) electrons. The summed E-state index contributed by atoms with van der Waals surface area (Å²) in [5.41, 5.74) is 7.53. The second-order valence-corrected chi connectivity index (χ2v) is 5.86. The number of aryl methyl sites for hydroxylation is 1. The fraction of sp³-hybridized carbons (Fsp3) is 0.615. The highest BCUT2D eigenvalue weighted by Crippen LogP contribution is 2.28. The molecule has 3 nitrogen and oxygen atoms in total. The lowest BCUT2D eigenvalue weighted by Gasteiger charge is -2.33. The van der Waals surface area contributed by atoms with E-state index >= 15 is 0 Å². The van der Waals surface area contributed by atoms with Crippen molar-refractivity contribution < 1.29 is 0 Å². The van der Waals surface area contributed by atoms with E-state index in [1.165, 1.54) is 24.8 Å². The van der Waals surface area contributed by atoms with Crippen LogP contribution >= 0.6 is 15.9 Å². The van der Waals surface area contributed by atoms with Gasteiger partial charge >= 0.3 is 0 Å². The maximum absolute atomic E-state index is 6.39. The Kier molecular flexibility index (Phi) is 4.05. The third-order valence-corrected chi connectivity index (χ3v) is 4.54. The van der Waals surface area contributed by atoms with Crippen LogP contribution in [-0.4, -0.2) is 17.1 Å². The van der Waals surface area contributed by atoms with Gasteiger partial charge in [-0.15, -0.1) is 0 Å². The zero-order chi connectivity index (χ0) is 12.3. The number of pyridine rings is 1. The molecule has 1 saturated carbocycles. The van der Waals surface area contributed by atoms with Gasteiger partial charge < -0.3 is 11.1 Å². The van der Waals surface area contributed by atoms with Crippen molar-refractivity contribution in [2.45, 2.75) is 44.6 Å². The number of halogens is 1. The van der Waals surface area contributed by atoms with Gasteiger partial charge in [-0.1, -0.05) is 19.3 Å². The lowest BCUT2D eigenvalue weighted by Crippen LogP contribution is -2.47. The van der Waals surface area contributed by atoms with Crippen molar-refractivity contribution in [1.29, 1.82) is 0 Å². The van der Waals surface area contributed by atoms with E-state index in [2.05, 4.69) is 33.2 Å². The van der Waals surface area contributed by atoms with E-state index in [-0.39, 0.29) is 5.54 Å².